The molecule has 0 amide bonds. The molecule has 2 atom stereocenters. The highest BCUT2D eigenvalue weighted by molar-refractivity contribution is 4.66. The van der Waals surface area contributed by atoms with E-state index >= 15 is 0 Å². The smallest absolute Gasteiger partial charge is 0.285 e. The largest absolute Gasteiger partial charge is 0.329 e. The van der Waals surface area contributed by atoms with Crippen LogP contribution in [0.25, 0.3) is 0 Å². The quantitative estimate of drug-likeness (QED) is 0.0437. The van der Waals surface area contributed by atoms with Crippen molar-refractivity contribution in [3.8, 4) is 0 Å². The first-order valence-electron chi connectivity index (χ1n) is 34.7. The molecule has 0 saturated carbocycles. The van der Waals surface area contributed by atoms with Crippen LogP contribution in [-0.2, 0) is 42.6 Å². The molecule has 0 heterocycles. The first-order chi connectivity index (χ1) is 37.9. The summed E-state index contributed by atoms with van der Waals surface area (Å²) in [6, 6.07) is 0. The molecule has 77 heavy (non-hydrogen) atoms. The van der Waals surface area contributed by atoms with E-state index in [0.717, 1.165) is 103 Å². The topological polar surface area (TPSA) is 83.1 Å². The Kier molecular flexibility index (Phi) is 61.4. The van der Waals surface area contributed by atoms with Crippen molar-refractivity contribution in [3.63, 3.8) is 0 Å². The van der Waals surface area contributed by atoms with Gasteiger partial charge in [0.2, 0.25) is 0 Å². The minimum Gasteiger partial charge on any atom is -0.329 e. The first-order valence-corrected chi connectivity index (χ1v) is 34.7. The summed E-state index contributed by atoms with van der Waals surface area (Å²) in [5.74, 6) is -2.30. The maximum atomic E-state index is 7.05. The van der Waals surface area contributed by atoms with Gasteiger partial charge in [0.25, 0.3) is 11.9 Å². The molecule has 0 aromatic carbocycles. The van der Waals surface area contributed by atoms with Crippen LogP contribution in [0.4, 0.5) is 0 Å². The normalized spacial score (nSPS) is 13.1. The van der Waals surface area contributed by atoms with E-state index in [4.69, 9.17) is 42.6 Å². The van der Waals surface area contributed by atoms with Gasteiger partial charge in [0.1, 0.15) is 0 Å². The van der Waals surface area contributed by atoms with Gasteiger partial charge in [0.05, 0.1) is 26.4 Å². The van der Waals surface area contributed by atoms with Crippen molar-refractivity contribution < 1.29 is 42.6 Å². The molecule has 0 fully saturated rings. The van der Waals surface area contributed by atoms with Gasteiger partial charge < -0.3 is 33.2 Å². The fourth-order valence-corrected chi connectivity index (χ4v) is 10.2. The molecular weight excluding hydrogens is 961 g/mol. The third-order valence-electron chi connectivity index (χ3n) is 15.3. The fraction of sp³-hybridized carbons (Fsp3) is 1.00. The van der Waals surface area contributed by atoms with Crippen molar-refractivity contribution >= 4 is 0 Å². The molecule has 0 bridgehead atoms. The van der Waals surface area contributed by atoms with Crippen molar-refractivity contribution in [1.82, 2.24) is 0 Å². The molecule has 9 heteroatoms. The van der Waals surface area contributed by atoms with E-state index in [-0.39, 0.29) is 13.6 Å². The van der Waals surface area contributed by atoms with E-state index in [1.54, 1.807) is 0 Å². The number of hydrogen-bond acceptors (Lipinski definition) is 9. The van der Waals surface area contributed by atoms with Crippen molar-refractivity contribution in [2.75, 3.05) is 40.0 Å². The summed E-state index contributed by atoms with van der Waals surface area (Å²) in [6.45, 7) is 20.7. The summed E-state index contributed by atoms with van der Waals surface area (Å²) in [4.78, 5) is 0. The molecule has 0 N–H and O–H groups in total. The van der Waals surface area contributed by atoms with E-state index in [1.807, 2.05) is 0 Å². The Hall–Kier alpha value is -0.360. The van der Waals surface area contributed by atoms with E-state index in [1.165, 1.54) is 205 Å². The standard InChI is InChI=1S/C68H138O9/c1-9-17-25-31-35-39-43-51-59-72-67(57-49-29-21-13-5,73-60-52-44-40-36-32-26-18-10-2)76-65(55-47-23-15-7)70-63-69-64-71-66(56-48-24-16-8)77-68(58-50-30-22-14-6,74-61-53-45-41-37-33-27-19-11-3)75-62-54-46-42-38-34-28-20-12-4/h65-66H,9-64H2,1-8H3. The van der Waals surface area contributed by atoms with Crippen molar-refractivity contribution in [3.05, 3.63) is 0 Å². The minimum atomic E-state index is -1.15. The van der Waals surface area contributed by atoms with Gasteiger partial charge in [-0.1, -0.05) is 299 Å². The second-order valence-corrected chi connectivity index (χ2v) is 23.1. The van der Waals surface area contributed by atoms with Crippen molar-refractivity contribution in [1.29, 1.82) is 0 Å². The maximum Gasteiger partial charge on any atom is 0.285 e. The van der Waals surface area contributed by atoms with Crippen LogP contribution in [0.1, 0.15) is 376 Å². The molecule has 0 aliphatic carbocycles. The molecule has 0 aliphatic heterocycles. The zero-order chi connectivity index (χ0) is 56.1. The summed E-state index contributed by atoms with van der Waals surface area (Å²) in [5.41, 5.74) is 0. The average molecular weight is 1100 g/mol. The molecule has 0 spiro atoms. The minimum absolute atomic E-state index is 0.0342. The van der Waals surface area contributed by atoms with Crippen LogP contribution in [0, 0.1) is 0 Å². The lowest BCUT2D eigenvalue weighted by atomic mass is 10.1. The number of rotatable bonds is 68. The predicted octanol–water partition coefficient (Wildman–Crippen LogP) is 22.7. The van der Waals surface area contributed by atoms with E-state index in [9.17, 15) is 0 Å². The van der Waals surface area contributed by atoms with Gasteiger partial charge in [-0.3, -0.25) is 9.47 Å². The van der Waals surface area contributed by atoms with Gasteiger partial charge in [0.15, 0.2) is 26.2 Å². The SMILES string of the molecule is CCCCCCCCCCOC(CCCCCC)(OCCCCCCCCCC)OC(CCCCC)OCOCOC(CCCCC)OC(CCCCCC)(OCCCCCCCCCC)OCCCCCCCCCC. The van der Waals surface area contributed by atoms with Crippen LogP contribution in [0.15, 0.2) is 0 Å². The Morgan fingerprint density at radius 2 is 0.442 bits per heavy atom. The Bertz CT molecular complexity index is 968. The first kappa shape index (κ1) is 76.6. The van der Waals surface area contributed by atoms with Gasteiger partial charge in [-0.25, -0.2) is 0 Å². The molecule has 464 valence electrons. The summed E-state index contributed by atoms with van der Waals surface area (Å²) in [6.07, 6.45) is 57.3. The highest BCUT2D eigenvalue weighted by atomic mass is 16.9. The van der Waals surface area contributed by atoms with Crippen molar-refractivity contribution in [2.45, 2.75) is 401 Å². The summed E-state index contributed by atoms with van der Waals surface area (Å²) in [7, 11) is 0. The molecule has 0 aliphatic rings. The molecule has 0 aromatic heterocycles. The Balaban J connectivity index is 6.29. The summed E-state index contributed by atoms with van der Waals surface area (Å²) >= 11 is 0. The molecule has 0 saturated heterocycles. The second kappa shape index (κ2) is 61.7. The predicted molar refractivity (Wildman–Crippen MR) is 328 cm³/mol. The number of ether oxygens (including phenoxy) is 9. The van der Waals surface area contributed by atoms with E-state index < -0.39 is 24.5 Å². The summed E-state index contributed by atoms with van der Waals surface area (Å²) < 4.78 is 60.9. The van der Waals surface area contributed by atoms with Crippen molar-refractivity contribution in [2.24, 2.45) is 0 Å². The number of hydrogen-bond donors (Lipinski definition) is 0. The van der Waals surface area contributed by atoms with Gasteiger partial charge >= 0.3 is 0 Å². The highest BCUT2D eigenvalue weighted by Gasteiger charge is 2.38. The van der Waals surface area contributed by atoms with Gasteiger partial charge in [0, 0.05) is 12.8 Å². The van der Waals surface area contributed by atoms with E-state index in [2.05, 4.69) is 55.4 Å². The lowest BCUT2D eigenvalue weighted by Gasteiger charge is -2.37. The van der Waals surface area contributed by atoms with Crippen LogP contribution in [0.5, 0.6) is 0 Å². The molecule has 0 aromatic rings. The third-order valence-corrected chi connectivity index (χ3v) is 15.3. The Morgan fingerprint density at radius 3 is 0.688 bits per heavy atom. The van der Waals surface area contributed by atoms with Crippen LogP contribution >= 0.6 is 0 Å². The molecular formula is C68H138O9. The monoisotopic (exact) mass is 1100 g/mol. The summed E-state index contributed by atoms with van der Waals surface area (Å²) in [5, 5.41) is 0. The molecule has 2 unspecified atom stereocenters. The second-order valence-electron chi connectivity index (χ2n) is 23.1. The zero-order valence-electron chi connectivity index (χ0n) is 53.4. The van der Waals surface area contributed by atoms with Crippen LogP contribution < -0.4 is 0 Å². The maximum absolute atomic E-state index is 7.05. The number of unbranched alkanes of at least 4 members (excludes halogenated alkanes) is 38. The molecule has 0 radical (unpaired) electrons. The lowest BCUT2D eigenvalue weighted by molar-refractivity contribution is -0.432. The van der Waals surface area contributed by atoms with Crippen LogP contribution in [-0.4, -0.2) is 64.5 Å². The fourth-order valence-electron chi connectivity index (χ4n) is 10.2. The molecule has 0 rings (SSSR count). The van der Waals surface area contributed by atoms with Crippen LogP contribution in [0.3, 0.4) is 0 Å². The Labute approximate surface area is 481 Å². The average Bonchev–Trinajstić information content (AvgIpc) is 3.43. The molecule has 9 nitrogen and oxygen atoms in total. The van der Waals surface area contributed by atoms with Gasteiger partial charge in [-0.05, 0) is 64.2 Å². The van der Waals surface area contributed by atoms with Gasteiger partial charge in [-0.15, -0.1) is 0 Å². The zero-order valence-corrected chi connectivity index (χ0v) is 53.4. The Morgan fingerprint density at radius 1 is 0.234 bits per heavy atom. The third kappa shape index (κ3) is 51.0. The van der Waals surface area contributed by atoms with E-state index in [0.29, 0.717) is 39.3 Å². The lowest BCUT2D eigenvalue weighted by Crippen LogP contribution is -2.44. The van der Waals surface area contributed by atoms with Gasteiger partial charge in [-0.2, -0.15) is 0 Å². The van der Waals surface area contributed by atoms with Crippen LogP contribution in [0.2, 0.25) is 0 Å². The highest BCUT2D eigenvalue weighted by Crippen LogP contribution is 2.31.